The molecule has 3 nitrogen and oxygen atoms in total. The lowest BCUT2D eigenvalue weighted by molar-refractivity contribution is 0.0697. The van der Waals surface area contributed by atoms with Crippen LogP contribution in [0.1, 0.15) is 15.9 Å². The number of benzene rings is 2. The molecule has 2 aromatic carbocycles. The summed E-state index contributed by atoms with van der Waals surface area (Å²) in [5, 5.41) is 9.58. The molecule has 0 aliphatic carbocycles. The minimum atomic E-state index is -0.937. The van der Waals surface area contributed by atoms with E-state index >= 15 is 0 Å². The number of rotatable bonds is 3. The molecule has 0 heterocycles. The van der Waals surface area contributed by atoms with Gasteiger partial charge in [-0.1, -0.05) is 17.7 Å². The lowest BCUT2D eigenvalue weighted by Crippen LogP contribution is -1.97. The van der Waals surface area contributed by atoms with Gasteiger partial charge in [-0.05, 0) is 48.4 Å². The maximum atomic E-state index is 10.9. The molecule has 98 valence electrons. The van der Waals surface area contributed by atoms with Crippen molar-refractivity contribution in [3.05, 3.63) is 52.5 Å². The molecule has 4 heteroatoms. The van der Waals surface area contributed by atoms with Crippen molar-refractivity contribution in [2.24, 2.45) is 0 Å². The van der Waals surface area contributed by atoms with E-state index in [2.05, 4.69) is 0 Å². The number of carboxylic acid groups (broad SMARTS) is 1. The van der Waals surface area contributed by atoms with Gasteiger partial charge in [-0.2, -0.15) is 0 Å². The number of halogens is 1. The molecular formula is C15H13ClO3. The molecule has 0 saturated heterocycles. The Labute approximate surface area is 116 Å². The first kappa shape index (κ1) is 13.4. The van der Waals surface area contributed by atoms with Gasteiger partial charge >= 0.3 is 5.97 Å². The van der Waals surface area contributed by atoms with E-state index < -0.39 is 5.97 Å². The first-order chi connectivity index (χ1) is 9.02. The number of aromatic carboxylic acids is 1. The van der Waals surface area contributed by atoms with E-state index in [1.807, 2.05) is 13.0 Å². The van der Waals surface area contributed by atoms with Crippen LogP contribution in [0.4, 0.5) is 0 Å². The van der Waals surface area contributed by atoms with Crippen LogP contribution < -0.4 is 4.74 Å². The number of hydrogen-bond acceptors (Lipinski definition) is 2. The van der Waals surface area contributed by atoms with E-state index in [4.69, 9.17) is 21.4 Å². The van der Waals surface area contributed by atoms with Gasteiger partial charge in [0.25, 0.3) is 0 Å². The highest BCUT2D eigenvalue weighted by atomic mass is 35.5. The summed E-state index contributed by atoms with van der Waals surface area (Å²) in [6.45, 7) is 1.86. The van der Waals surface area contributed by atoms with Crippen LogP contribution in [0, 0.1) is 6.92 Å². The van der Waals surface area contributed by atoms with E-state index in [0.717, 1.165) is 16.7 Å². The highest BCUT2D eigenvalue weighted by Gasteiger charge is 2.11. The molecule has 0 aliphatic heterocycles. The minimum Gasteiger partial charge on any atom is -0.496 e. The molecule has 0 bridgehead atoms. The van der Waals surface area contributed by atoms with Crippen LogP contribution in [0.15, 0.2) is 36.4 Å². The molecule has 19 heavy (non-hydrogen) atoms. The van der Waals surface area contributed by atoms with Gasteiger partial charge in [-0.15, -0.1) is 0 Å². The van der Waals surface area contributed by atoms with Gasteiger partial charge in [-0.3, -0.25) is 0 Å². The molecule has 0 radical (unpaired) electrons. The second kappa shape index (κ2) is 5.33. The zero-order valence-electron chi connectivity index (χ0n) is 10.6. The first-order valence-corrected chi connectivity index (χ1v) is 6.08. The van der Waals surface area contributed by atoms with Crippen molar-refractivity contribution in [2.75, 3.05) is 7.11 Å². The van der Waals surface area contributed by atoms with Crippen LogP contribution in [0.25, 0.3) is 11.1 Å². The summed E-state index contributed by atoms with van der Waals surface area (Å²) >= 11 is 6.01. The lowest BCUT2D eigenvalue weighted by atomic mass is 9.97. The maximum Gasteiger partial charge on any atom is 0.335 e. The van der Waals surface area contributed by atoms with Gasteiger partial charge in [0.15, 0.2) is 0 Å². The van der Waals surface area contributed by atoms with E-state index in [0.29, 0.717) is 10.8 Å². The molecule has 0 aliphatic rings. The Hall–Kier alpha value is -2.00. The minimum absolute atomic E-state index is 0.266. The van der Waals surface area contributed by atoms with Gasteiger partial charge in [-0.25, -0.2) is 4.79 Å². The smallest absolute Gasteiger partial charge is 0.335 e. The average molecular weight is 277 g/mol. The van der Waals surface area contributed by atoms with Gasteiger partial charge in [0, 0.05) is 10.6 Å². The first-order valence-electron chi connectivity index (χ1n) is 5.71. The molecular weight excluding hydrogens is 264 g/mol. The average Bonchev–Trinajstić information content (AvgIpc) is 2.38. The Morgan fingerprint density at radius 3 is 2.47 bits per heavy atom. The third-order valence-corrected chi connectivity index (χ3v) is 3.16. The predicted octanol–water partition coefficient (Wildman–Crippen LogP) is 4.02. The van der Waals surface area contributed by atoms with Gasteiger partial charge in [0.05, 0.1) is 12.7 Å². The molecule has 2 rings (SSSR count). The zero-order valence-corrected chi connectivity index (χ0v) is 11.4. The van der Waals surface area contributed by atoms with Crippen molar-refractivity contribution in [3.63, 3.8) is 0 Å². The fourth-order valence-electron chi connectivity index (χ4n) is 1.99. The standard InChI is InChI=1S/C15H13ClO3/c1-9-7-10(15(17)18)3-5-12(9)13-8-11(16)4-6-14(13)19-2/h3-8H,1-2H3,(H,17,18). The topological polar surface area (TPSA) is 46.5 Å². The van der Waals surface area contributed by atoms with Crippen LogP contribution in [0.3, 0.4) is 0 Å². The summed E-state index contributed by atoms with van der Waals surface area (Å²) in [5.74, 6) is -0.233. The number of carbonyl (C=O) groups is 1. The summed E-state index contributed by atoms with van der Waals surface area (Å²) in [5.41, 5.74) is 2.89. The number of methoxy groups -OCH3 is 1. The number of carboxylic acids is 1. The SMILES string of the molecule is COc1ccc(Cl)cc1-c1ccc(C(=O)O)cc1C. The third kappa shape index (κ3) is 2.71. The molecule has 1 N–H and O–H groups in total. The van der Waals surface area contributed by atoms with E-state index in [1.165, 1.54) is 0 Å². The number of hydrogen-bond donors (Lipinski definition) is 1. The molecule has 0 amide bonds. The maximum absolute atomic E-state index is 10.9. The largest absolute Gasteiger partial charge is 0.496 e. The fourth-order valence-corrected chi connectivity index (χ4v) is 2.16. The van der Waals surface area contributed by atoms with Crippen molar-refractivity contribution in [1.82, 2.24) is 0 Å². The predicted molar refractivity (Wildman–Crippen MR) is 75.1 cm³/mol. The van der Waals surface area contributed by atoms with Crippen molar-refractivity contribution >= 4 is 17.6 Å². The van der Waals surface area contributed by atoms with Crippen LogP contribution in [0.5, 0.6) is 5.75 Å². The highest BCUT2D eigenvalue weighted by Crippen LogP contribution is 2.34. The summed E-state index contributed by atoms with van der Waals surface area (Å²) in [4.78, 5) is 10.9. The molecule has 0 unspecified atom stereocenters. The van der Waals surface area contributed by atoms with Crippen molar-refractivity contribution in [3.8, 4) is 16.9 Å². The van der Waals surface area contributed by atoms with Crippen molar-refractivity contribution < 1.29 is 14.6 Å². The highest BCUT2D eigenvalue weighted by molar-refractivity contribution is 6.31. The Morgan fingerprint density at radius 1 is 1.16 bits per heavy atom. The van der Waals surface area contributed by atoms with Gasteiger partial charge in [0.1, 0.15) is 5.75 Å². The number of ether oxygens (including phenoxy) is 1. The molecule has 0 saturated carbocycles. The van der Waals surface area contributed by atoms with Crippen LogP contribution in [-0.4, -0.2) is 18.2 Å². The van der Waals surface area contributed by atoms with Crippen LogP contribution in [-0.2, 0) is 0 Å². The van der Waals surface area contributed by atoms with E-state index in [-0.39, 0.29) is 5.56 Å². The Morgan fingerprint density at radius 2 is 1.89 bits per heavy atom. The van der Waals surface area contributed by atoms with Crippen LogP contribution >= 0.6 is 11.6 Å². The summed E-state index contributed by atoms with van der Waals surface area (Å²) in [7, 11) is 1.59. The second-order valence-corrected chi connectivity index (χ2v) is 4.62. The van der Waals surface area contributed by atoms with Crippen LogP contribution in [0.2, 0.25) is 5.02 Å². The fraction of sp³-hybridized carbons (Fsp3) is 0.133. The Kier molecular flexibility index (Phi) is 3.76. The molecule has 0 atom stereocenters. The molecule has 0 fully saturated rings. The second-order valence-electron chi connectivity index (χ2n) is 4.18. The summed E-state index contributed by atoms with van der Waals surface area (Å²) in [6, 6.07) is 10.3. The van der Waals surface area contributed by atoms with Crippen molar-refractivity contribution in [1.29, 1.82) is 0 Å². The quantitative estimate of drug-likeness (QED) is 0.921. The van der Waals surface area contributed by atoms with E-state index in [1.54, 1.807) is 37.4 Å². The Balaban J connectivity index is 2.59. The van der Waals surface area contributed by atoms with Crippen molar-refractivity contribution in [2.45, 2.75) is 6.92 Å². The molecule has 0 aromatic heterocycles. The molecule has 0 spiro atoms. The normalized spacial score (nSPS) is 10.3. The summed E-state index contributed by atoms with van der Waals surface area (Å²) in [6.07, 6.45) is 0. The molecule has 2 aromatic rings. The van der Waals surface area contributed by atoms with E-state index in [9.17, 15) is 4.79 Å². The zero-order chi connectivity index (χ0) is 14.0. The van der Waals surface area contributed by atoms with Gasteiger partial charge in [0.2, 0.25) is 0 Å². The monoisotopic (exact) mass is 276 g/mol. The van der Waals surface area contributed by atoms with Gasteiger partial charge < -0.3 is 9.84 Å². The Bertz CT molecular complexity index is 635. The number of aryl methyl sites for hydroxylation is 1. The summed E-state index contributed by atoms with van der Waals surface area (Å²) < 4.78 is 5.31. The third-order valence-electron chi connectivity index (χ3n) is 2.93. The lowest BCUT2D eigenvalue weighted by Gasteiger charge is -2.12.